The molecule has 1 aliphatic rings. The van der Waals surface area contributed by atoms with E-state index >= 15 is 0 Å². The van der Waals surface area contributed by atoms with Crippen molar-refractivity contribution >= 4 is 5.97 Å². The van der Waals surface area contributed by atoms with Gasteiger partial charge in [-0.2, -0.15) is 0 Å². The summed E-state index contributed by atoms with van der Waals surface area (Å²) >= 11 is 0. The fourth-order valence-electron chi connectivity index (χ4n) is 2.76. The normalized spacial score (nSPS) is 27.6. The number of esters is 1. The van der Waals surface area contributed by atoms with Gasteiger partial charge in [0.2, 0.25) is 0 Å². The topological polar surface area (TPSA) is 46.5 Å². The first-order valence-corrected chi connectivity index (χ1v) is 6.91. The average molecular weight is 242 g/mol. The Morgan fingerprint density at radius 2 is 1.82 bits per heavy atom. The molecule has 17 heavy (non-hydrogen) atoms. The predicted octanol–water partition coefficient (Wildman–Crippen LogP) is 2.76. The number of rotatable bonds is 4. The van der Waals surface area contributed by atoms with Crippen LogP contribution in [0, 0.1) is 17.8 Å². The molecule has 0 aromatic heterocycles. The molecule has 1 saturated carbocycles. The van der Waals surface area contributed by atoms with Crippen molar-refractivity contribution in [2.45, 2.75) is 59.0 Å². The molecule has 0 aromatic rings. The summed E-state index contributed by atoms with van der Waals surface area (Å²) in [5.41, 5.74) is 0. The lowest BCUT2D eigenvalue weighted by molar-refractivity contribution is -0.156. The van der Waals surface area contributed by atoms with Crippen LogP contribution in [0.4, 0.5) is 0 Å². The maximum atomic E-state index is 11.5. The summed E-state index contributed by atoms with van der Waals surface area (Å²) in [6.45, 7) is 6.63. The van der Waals surface area contributed by atoms with Gasteiger partial charge in [0.15, 0.2) is 6.10 Å². The summed E-state index contributed by atoms with van der Waals surface area (Å²) in [4.78, 5) is 11.5. The molecule has 0 heterocycles. The van der Waals surface area contributed by atoms with Gasteiger partial charge in [0.05, 0.1) is 6.61 Å². The van der Waals surface area contributed by atoms with Gasteiger partial charge in [-0.05, 0) is 43.9 Å². The number of aliphatic hydroxyl groups excluding tert-OH is 1. The van der Waals surface area contributed by atoms with Crippen molar-refractivity contribution in [3.63, 3.8) is 0 Å². The van der Waals surface area contributed by atoms with Gasteiger partial charge in [0, 0.05) is 0 Å². The van der Waals surface area contributed by atoms with Crippen molar-refractivity contribution in [1.82, 2.24) is 0 Å². The number of aliphatic hydroxyl groups is 1. The number of ether oxygens (including phenoxy) is 1. The first-order valence-electron chi connectivity index (χ1n) is 6.91. The Hall–Kier alpha value is -0.570. The molecule has 0 radical (unpaired) electrons. The molecular weight excluding hydrogens is 216 g/mol. The van der Waals surface area contributed by atoms with Crippen molar-refractivity contribution in [3.05, 3.63) is 0 Å². The Morgan fingerprint density at radius 3 is 2.41 bits per heavy atom. The molecule has 0 aromatic carbocycles. The summed E-state index contributed by atoms with van der Waals surface area (Å²) in [5.74, 6) is 1.10. The van der Waals surface area contributed by atoms with Crippen LogP contribution in [0.25, 0.3) is 0 Å². The fourth-order valence-corrected chi connectivity index (χ4v) is 2.76. The van der Waals surface area contributed by atoms with E-state index in [1.54, 1.807) is 6.92 Å². The zero-order chi connectivity index (χ0) is 12.8. The van der Waals surface area contributed by atoms with Crippen LogP contribution in [0.3, 0.4) is 0 Å². The Kier molecular flexibility index (Phi) is 5.96. The minimum absolute atomic E-state index is 0.0952. The van der Waals surface area contributed by atoms with Crippen LogP contribution < -0.4 is 0 Å². The van der Waals surface area contributed by atoms with Crippen molar-refractivity contribution in [3.8, 4) is 0 Å². The molecule has 100 valence electrons. The second kappa shape index (κ2) is 7.00. The molecule has 3 atom stereocenters. The van der Waals surface area contributed by atoms with Crippen LogP contribution >= 0.6 is 0 Å². The summed E-state index contributed by atoms with van der Waals surface area (Å²) in [5, 5.41) is 9.95. The van der Waals surface area contributed by atoms with Gasteiger partial charge in [-0.25, -0.2) is 4.79 Å². The minimum Gasteiger partial charge on any atom is -0.464 e. The van der Waals surface area contributed by atoms with Crippen LogP contribution in [0.15, 0.2) is 0 Å². The summed E-state index contributed by atoms with van der Waals surface area (Å²) in [7, 11) is 0. The average Bonchev–Trinajstić information content (AvgIpc) is 2.53. The molecule has 0 bridgehead atoms. The van der Waals surface area contributed by atoms with Crippen molar-refractivity contribution < 1.29 is 14.6 Å². The highest BCUT2D eigenvalue weighted by Crippen LogP contribution is 2.33. The van der Waals surface area contributed by atoms with E-state index < -0.39 is 12.1 Å². The number of hydrogen-bond donors (Lipinski definition) is 1. The zero-order valence-corrected chi connectivity index (χ0v) is 11.3. The Bertz CT molecular complexity index is 238. The Morgan fingerprint density at radius 1 is 1.24 bits per heavy atom. The van der Waals surface area contributed by atoms with E-state index in [1.165, 1.54) is 6.42 Å². The lowest BCUT2D eigenvalue weighted by atomic mass is 9.88. The summed E-state index contributed by atoms with van der Waals surface area (Å²) in [6.07, 6.45) is 4.44. The van der Waals surface area contributed by atoms with Crippen molar-refractivity contribution in [2.24, 2.45) is 17.8 Å². The largest absolute Gasteiger partial charge is 0.464 e. The SMILES string of the molecule is CCOC(=O)C(O)C1CCCC(C(C)C)CC1. The van der Waals surface area contributed by atoms with Gasteiger partial charge in [-0.1, -0.05) is 26.7 Å². The standard InChI is InChI=1S/C14H26O3/c1-4-17-14(16)13(15)12-7-5-6-11(8-9-12)10(2)3/h10-13,15H,4-9H2,1-3H3. The van der Waals surface area contributed by atoms with Crippen molar-refractivity contribution in [2.75, 3.05) is 6.61 Å². The first-order chi connectivity index (χ1) is 8.06. The van der Waals surface area contributed by atoms with Crippen LogP contribution in [0.5, 0.6) is 0 Å². The number of carbonyl (C=O) groups is 1. The number of carbonyl (C=O) groups excluding carboxylic acids is 1. The van der Waals surface area contributed by atoms with E-state index in [9.17, 15) is 9.90 Å². The molecule has 3 nitrogen and oxygen atoms in total. The summed E-state index contributed by atoms with van der Waals surface area (Å²) in [6, 6.07) is 0. The lowest BCUT2D eigenvalue weighted by Crippen LogP contribution is -2.31. The quantitative estimate of drug-likeness (QED) is 0.609. The molecule has 0 aliphatic heterocycles. The Labute approximate surface area is 105 Å². The highest BCUT2D eigenvalue weighted by atomic mass is 16.5. The van der Waals surface area contributed by atoms with Gasteiger partial charge in [0.25, 0.3) is 0 Å². The second-order valence-corrected chi connectivity index (χ2v) is 5.47. The van der Waals surface area contributed by atoms with E-state index in [1.807, 2.05) is 0 Å². The van der Waals surface area contributed by atoms with E-state index in [2.05, 4.69) is 13.8 Å². The molecule has 1 aliphatic carbocycles. The minimum atomic E-state index is -0.916. The molecule has 0 saturated heterocycles. The first kappa shape index (κ1) is 14.5. The maximum Gasteiger partial charge on any atom is 0.335 e. The van der Waals surface area contributed by atoms with Gasteiger partial charge in [0.1, 0.15) is 0 Å². The molecule has 1 N–H and O–H groups in total. The van der Waals surface area contributed by atoms with E-state index in [0.717, 1.165) is 31.6 Å². The zero-order valence-electron chi connectivity index (χ0n) is 11.3. The van der Waals surface area contributed by atoms with Gasteiger partial charge < -0.3 is 9.84 Å². The van der Waals surface area contributed by atoms with Gasteiger partial charge in [-0.3, -0.25) is 0 Å². The van der Waals surface area contributed by atoms with E-state index in [4.69, 9.17) is 4.74 Å². The molecule has 0 spiro atoms. The third-order valence-corrected chi connectivity index (χ3v) is 3.98. The molecule has 3 unspecified atom stereocenters. The molecular formula is C14H26O3. The highest BCUT2D eigenvalue weighted by Gasteiger charge is 2.30. The third-order valence-electron chi connectivity index (χ3n) is 3.98. The summed E-state index contributed by atoms with van der Waals surface area (Å²) < 4.78 is 4.88. The van der Waals surface area contributed by atoms with Gasteiger partial charge >= 0.3 is 5.97 Å². The van der Waals surface area contributed by atoms with Crippen LogP contribution in [0.2, 0.25) is 0 Å². The Balaban J connectivity index is 2.47. The molecule has 3 heteroatoms. The lowest BCUT2D eigenvalue weighted by Gasteiger charge is -2.20. The smallest absolute Gasteiger partial charge is 0.335 e. The molecule has 1 rings (SSSR count). The van der Waals surface area contributed by atoms with Crippen LogP contribution in [-0.4, -0.2) is 23.8 Å². The van der Waals surface area contributed by atoms with Crippen LogP contribution in [0.1, 0.15) is 52.9 Å². The third kappa shape index (κ3) is 4.30. The fraction of sp³-hybridized carbons (Fsp3) is 0.929. The van der Waals surface area contributed by atoms with Crippen LogP contribution in [-0.2, 0) is 9.53 Å². The molecule has 0 amide bonds. The number of hydrogen-bond acceptors (Lipinski definition) is 3. The highest BCUT2D eigenvalue weighted by molar-refractivity contribution is 5.74. The second-order valence-electron chi connectivity index (χ2n) is 5.47. The van der Waals surface area contributed by atoms with Crippen molar-refractivity contribution in [1.29, 1.82) is 0 Å². The maximum absolute atomic E-state index is 11.5. The van der Waals surface area contributed by atoms with E-state index in [-0.39, 0.29) is 5.92 Å². The van der Waals surface area contributed by atoms with E-state index in [0.29, 0.717) is 12.5 Å². The monoisotopic (exact) mass is 242 g/mol. The molecule has 1 fully saturated rings. The van der Waals surface area contributed by atoms with Gasteiger partial charge in [-0.15, -0.1) is 0 Å². The predicted molar refractivity (Wildman–Crippen MR) is 67.5 cm³/mol.